The Bertz CT molecular complexity index is 626. The predicted octanol–water partition coefficient (Wildman–Crippen LogP) is 2.87. The number of nitrogens with zero attached hydrogens (tertiary/aromatic N) is 2. The molecule has 1 aromatic carbocycles. The molecule has 152 valence electrons. The normalized spacial score (nSPS) is 17.0. The van der Waals surface area contributed by atoms with Gasteiger partial charge in [-0.05, 0) is 38.5 Å². The van der Waals surface area contributed by atoms with Gasteiger partial charge in [0.05, 0.1) is 25.3 Å². The molecule has 0 amide bonds. The Morgan fingerprint density at radius 3 is 2.52 bits per heavy atom. The van der Waals surface area contributed by atoms with Crippen LogP contribution in [0.3, 0.4) is 0 Å². The topological polar surface area (TPSA) is 48.9 Å². The second-order valence-electron chi connectivity index (χ2n) is 7.16. The molecule has 2 rings (SSSR count). The predicted molar refractivity (Wildman–Crippen MR) is 101 cm³/mol. The fraction of sp³-hybridized carbons (Fsp3) is 0.632. The van der Waals surface area contributed by atoms with Crippen molar-refractivity contribution >= 4 is 5.96 Å². The first-order valence-corrected chi connectivity index (χ1v) is 9.23. The smallest absolute Gasteiger partial charge is 0.379 e. The summed E-state index contributed by atoms with van der Waals surface area (Å²) in [7, 11) is 0. The second kappa shape index (κ2) is 9.41. The first-order chi connectivity index (χ1) is 12.7. The minimum absolute atomic E-state index is 0.0871. The van der Waals surface area contributed by atoms with Crippen LogP contribution in [-0.2, 0) is 17.5 Å². The molecule has 0 unspecified atom stereocenters. The van der Waals surface area contributed by atoms with Gasteiger partial charge in [-0.2, -0.15) is 13.2 Å². The minimum Gasteiger partial charge on any atom is -0.379 e. The molecule has 5 nitrogen and oxygen atoms in total. The average Bonchev–Trinajstić information content (AvgIpc) is 2.64. The summed E-state index contributed by atoms with van der Waals surface area (Å²) in [5.41, 5.74) is -0.216. The van der Waals surface area contributed by atoms with Crippen molar-refractivity contribution in [3.8, 4) is 0 Å². The van der Waals surface area contributed by atoms with Crippen molar-refractivity contribution in [1.29, 1.82) is 0 Å². The number of hydrogen-bond donors (Lipinski definition) is 2. The van der Waals surface area contributed by atoms with E-state index in [0.717, 1.165) is 38.4 Å². The Morgan fingerprint density at radius 1 is 1.19 bits per heavy atom. The average molecular weight is 386 g/mol. The highest BCUT2D eigenvalue weighted by Gasteiger charge is 2.30. The van der Waals surface area contributed by atoms with Gasteiger partial charge in [0.2, 0.25) is 0 Å². The highest BCUT2D eigenvalue weighted by Crippen LogP contribution is 2.29. The molecule has 0 spiro atoms. The molecule has 8 heteroatoms. The lowest BCUT2D eigenvalue weighted by molar-refractivity contribution is -0.137. The number of morpholine rings is 1. The van der Waals surface area contributed by atoms with Crippen LogP contribution in [0.1, 0.15) is 31.9 Å². The van der Waals surface area contributed by atoms with E-state index in [1.807, 2.05) is 6.92 Å². The summed E-state index contributed by atoms with van der Waals surface area (Å²) in [6.07, 6.45) is -4.34. The maximum absolute atomic E-state index is 12.8. The van der Waals surface area contributed by atoms with Crippen LogP contribution in [-0.4, -0.2) is 55.8 Å². The van der Waals surface area contributed by atoms with Crippen LogP contribution in [0, 0.1) is 0 Å². The number of aliphatic imine (C=N–C) groups is 1. The zero-order chi connectivity index (χ0) is 19.9. The summed E-state index contributed by atoms with van der Waals surface area (Å²) in [4.78, 5) is 6.80. The van der Waals surface area contributed by atoms with Gasteiger partial charge in [-0.3, -0.25) is 4.90 Å². The van der Waals surface area contributed by atoms with E-state index in [-0.39, 0.29) is 12.1 Å². The zero-order valence-corrected chi connectivity index (χ0v) is 16.2. The molecule has 1 saturated heterocycles. The second-order valence-corrected chi connectivity index (χ2v) is 7.16. The van der Waals surface area contributed by atoms with Gasteiger partial charge in [-0.1, -0.05) is 12.1 Å². The van der Waals surface area contributed by atoms with Gasteiger partial charge in [-0.25, -0.2) is 4.99 Å². The number of rotatable bonds is 6. The van der Waals surface area contributed by atoms with Gasteiger partial charge in [-0.15, -0.1) is 0 Å². The van der Waals surface area contributed by atoms with Crippen LogP contribution in [0.15, 0.2) is 29.3 Å². The van der Waals surface area contributed by atoms with Gasteiger partial charge in [0, 0.05) is 31.7 Å². The van der Waals surface area contributed by atoms with Crippen molar-refractivity contribution in [2.75, 3.05) is 39.4 Å². The molecule has 1 aliphatic rings. The van der Waals surface area contributed by atoms with E-state index in [9.17, 15) is 13.2 Å². The number of alkyl halides is 3. The van der Waals surface area contributed by atoms with Gasteiger partial charge >= 0.3 is 6.18 Å². The number of halogens is 3. The SMILES string of the molecule is CCNC(=NCc1cccc(C(F)(F)F)c1)NCC(C)(C)N1CCOCC1. The molecule has 1 aliphatic heterocycles. The van der Waals surface area contributed by atoms with Crippen LogP contribution in [0.25, 0.3) is 0 Å². The molecule has 0 saturated carbocycles. The largest absolute Gasteiger partial charge is 0.416 e. The fourth-order valence-electron chi connectivity index (χ4n) is 2.94. The van der Waals surface area contributed by atoms with E-state index in [1.165, 1.54) is 6.07 Å². The molecule has 0 atom stereocenters. The first kappa shape index (κ1) is 21.5. The van der Waals surface area contributed by atoms with Crippen LogP contribution in [0.2, 0.25) is 0 Å². The van der Waals surface area contributed by atoms with Gasteiger partial charge in [0.1, 0.15) is 0 Å². The van der Waals surface area contributed by atoms with Crippen molar-refractivity contribution in [2.45, 2.75) is 39.0 Å². The van der Waals surface area contributed by atoms with Crippen LogP contribution in [0.4, 0.5) is 13.2 Å². The fourth-order valence-corrected chi connectivity index (χ4v) is 2.94. The van der Waals surface area contributed by atoms with E-state index in [1.54, 1.807) is 6.07 Å². The summed E-state index contributed by atoms with van der Waals surface area (Å²) in [6.45, 7) is 11.0. The maximum Gasteiger partial charge on any atom is 0.416 e. The molecule has 27 heavy (non-hydrogen) atoms. The highest BCUT2D eigenvalue weighted by molar-refractivity contribution is 5.79. The molecule has 2 N–H and O–H groups in total. The molecule has 0 bridgehead atoms. The maximum atomic E-state index is 12.8. The molecule has 0 aromatic heterocycles. The Kier molecular flexibility index (Phi) is 7.49. The molecule has 1 heterocycles. The number of ether oxygens (including phenoxy) is 1. The van der Waals surface area contributed by atoms with Crippen molar-refractivity contribution in [1.82, 2.24) is 15.5 Å². The summed E-state index contributed by atoms with van der Waals surface area (Å²) in [6, 6.07) is 5.28. The quantitative estimate of drug-likeness (QED) is 0.583. The minimum atomic E-state index is -4.34. The van der Waals surface area contributed by atoms with Crippen LogP contribution < -0.4 is 10.6 Å². The van der Waals surface area contributed by atoms with E-state index in [0.29, 0.717) is 24.6 Å². The molecule has 0 radical (unpaired) electrons. The summed E-state index contributed by atoms with van der Waals surface area (Å²) in [5.74, 6) is 0.594. The van der Waals surface area contributed by atoms with Crippen molar-refractivity contribution in [3.05, 3.63) is 35.4 Å². The van der Waals surface area contributed by atoms with E-state index < -0.39 is 11.7 Å². The summed E-state index contributed by atoms with van der Waals surface area (Å²) >= 11 is 0. The third kappa shape index (κ3) is 6.70. The lowest BCUT2D eigenvalue weighted by atomic mass is 10.0. The molecule has 0 aliphatic carbocycles. The van der Waals surface area contributed by atoms with Crippen molar-refractivity contribution < 1.29 is 17.9 Å². The highest BCUT2D eigenvalue weighted by atomic mass is 19.4. The van der Waals surface area contributed by atoms with Gasteiger partial charge in [0.25, 0.3) is 0 Å². The molecule has 1 fully saturated rings. The Labute approximate surface area is 159 Å². The van der Waals surface area contributed by atoms with Crippen LogP contribution in [0.5, 0.6) is 0 Å². The van der Waals surface area contributed by atoms with Crippen molar-refractivity contribution in [2.24, 2.45) is 4.99 Å². The third-order valence-electron chi connectivity index (χ3n) is 4.57. The number of nitrogens with one attached hydrogen (secondary N) is 2. The van der Waals surface area contributed by atoms with Crippen molar-refractivity contribution in [3.63, 3.8) is 0 Å². The number of guanidine groups is 1. The van der Waals surface area contributed by atoms with E-state index in [2.05, 4.69) is 34.4 Å². The van der Waals surface area contributed by atoms with Gasteiger partial charge in [0.15, 0.2) is 5.96 Å². The van der Waals surface area contributed by atoms with Gasteiger partial charge < -0.3 is 15.4 Å². The summed E-state index contributed by atoms with van der Waals surface area (Å²) in [5, 5.41) is 6.45. The van der Waals surface area contributed by atoms with E-state index in [4.69, 9.17) is 4.74 Å². The van der Waals surface area contributed by atoms with Crippen LogP contribution >= 0.6 is 0 Å². The van der Waals surface area contributed by atoms with E-state index >= 15 is 0 Å². The molecule has 1 aromatic rings. The first-order valence-electron chi connectivity index (χ1n) is 9.23. The molecular weight excluding hydrogens is 357 g/mol. The molecular formula is C19H29F3N4O. The Hall–Kier alpha value is -1.80. The summed E-state index contributed by atoms with van der Waals surface area (Å²) < 4.78 is 43.9. The Morgan fingerprint density at radius 2 is 1.89 bits per heavy atom. The lowest BCUT2D eigenvalue weighted by Crippen LogP contribution is -2.56. The third-order valence-corrected chi connectivity index (χ3v) is 4.57. The standard InChI is InChI=1S/C19H29F3N4O/c1-4-23-17(25-14-18(2,3)26-8-10-27-11-9-26)24-13-15-6-5-7-16(12-15)19(20,21)22/h5-7,12H,4,8-11,13-14H2,1-3H3,(H2,23,24,25). The zero-order valence-electron chi connectivity index (χ0n) is 16.2. The monoisotopic (exact) mass is 386 g/mol. The number of benzene rings is 1. The lowest BCUT2D eigenvalue weighted by Gasteiger charge is -2.41. The Balaban J connectivity index is 1.99. The number of hydrogen-bond acceptors (Lipinski definition) is 3.